The van der Waals surface area contributed by atoms with Crippen molar-refractivity contribution in [3.8, 4) is 0 Å². The van der Waals surface area contributed by atoms with Gasteiger partial charge in [-0.05, 0) is 38.7 Å². The molecule has 0 saturated carbocycles. The number of hydrogen-bond donors (Lipinski definition) is 1. The molecule has 0 aromatic heterocycles. The molecule has 0 bridgehead atoms. The average Bonchev–Trinajstić information content (AvgIpc) is 2.21. The zero-order chi connectivity index (χ0) is 12.8. The van der Waals surface area contributed by atoms with Crippen molar-refractivity contribution in [2.24, 2.45) is 4.99 Å². The largest absolute Gasteiger partial charge is 0.323 e. The van der Waals surface area contributed by atoms with E-state index in [1.165, 1.54) is 6.08 Å². The number of carbonyl (C=O) groups excluding carboxylic acids is 2. The number of nitrogens with zero attached hydrogens (tertiary/aromatic N) is 2. The summed E-state index contributed by atoms with van der Waals surface area (Å²) in [6, 6.07) is 5.28. The normalized spacial score (nSPS) is 9.88. The molecule has 0 radical (unpaired) electrons. The summed E-state index contributed by atoms with van der Waals surface area (Å²) in [5.41, 5.74) is 1.91. The number of nitrogens with one attached hydrogen (secondary N) is 1. The maximum absolute atomic E-state index is 11.6. The highest BCUT2D eigenvalue weighted by Crippen LogP contribution is 2.25. The van der Waals surface area contributed by atoms with E-state index in [2.05, 4.69) is 10.3 Å². The Labute approximate surface area is 100 Å². The van der Waals surface area contributed by atoms with Crippen molar-refractivity contribution >= 4 is 23.4 Å². The van der Waals surface area contributed by atoms with Gasteiger partial charge in [-0.1, -0.05) is 6.07 Å². The number of rotatable bonds is 4. The van der Waals surface area contributed by atoms with Crippen LogP contribution in [0, 0.1) is 6.92 Å². The van der Waals surface area contributed by atoms with Crippen LogP contribution in [0.2, 0.25) is 0 Å². The first kappa shape index (κ1) is 13.1. The molecule has 0 atom stereocenters. The predicted molar refractivity (Wildman–Crippen MR) is 66.1 cm³/mol. The van der Waals surface area contributed by atoms with Crippen molar-refractivity contribution in [2.45, 2.75) is 6.92 Å². The Balaban J connectivity index is 2.90. The summed E-state index contributed by atoms with van der Waals surface area (Å²) in [6.07, 6.45) is 1.48. The number of likely N-dealkylation sites (N-methyl/N-ethyl adjacent to an activating group) is 1. The summed E-state index contributed by atoms with van der Waals surface area (Å²) < 4.78 is 0. The van der Waals surface area contributed by atoms with Gasteiger partial charge < -0.3 is 10.2 Å². The number of anilines is 1. The fraction of sp³-hybridized carbons (Fsp3) is 0.333. The fourth-order valence-electron chi connectivity index (χ4n) is 1.37. The summed E-state index contributed by atoms with van der Waals surface area (Å²) in [6.45, 7) is 2.16. The van der Waals surface area contributed by atoms with Crippen molar-refractivity contribution in [3.05, 3.63) is 23.8 Å². The Bertz CT molecular complexity index is 463. The van der Waals surface area contributed by atoms with Gasteiger partial charge in [0.2, 0.25) is 12.0 Å². The van der Waals surface area contributed by atoms with Gasteiger partial charge in [0.05, 0.1) is 12.2 Å². The molecule has 0 aliphatic rings. The van der Waals surface area contributed by atoms with Crippen LogP contribution >= 0.6 is 0 Å². The van der Waals surface area contributed by atoms with Crippen LogP contribution < -0.4 is 5.32 Å². The first-order valence-corrected chi connectivity index (χ1v) is 5.16. The summed E-state index contributed by atoms with van der Waals surface area (Å²) >= 11 is 0. The van der Waals surface area contributed by atoms with Crippen LogP contribution in [0.4, 0.5) is 11.4 Å². The minimum Gasteiger partial charge on any atom is -0.323 e. The summed E-state index contributed by atoms with van der Waals surface area (Å²) in [5.74, 6) is -0.152. The Morgan fingerprint density at radius 1 is 1.47 bits per heavy atom. The van der Waals surface area contributed by atoms with Crippen LogP contribution in [0.5, 0.6) is 0 Å². The van der Waals surface area contributed by atoms with Crippen molar-refractivity contribution in [1.29, 1.82) is 0 Å². The Kier molecular flexibility index (Phi) is 4.57. The Morgan fingerprint density at radius 2 is 2.18 bits per heavy atom. The molecule has 0 saturated heterocycles. The highest BCUT2D eigenvalue weighted by molar-refractivity contribution is 5.95. The zero-order valence-electron chi connectivity index (χ0n) is 10.2. The van der Waals surface area contributed by atoms with E-state index >= 15 is 0 Å². The topological polar surface area (TPSA) is 61.8 Å². The fourth-order valence-corrected chi connectivity index (χ4v) is 1.37. The smallest absolute Gasteiger partial charge is 0.240 e. The summed E-state index contributed by atoms with van der Waals surface area (Å²) in [5, 5.41) is 2.70. The minimum absolute atomic E-state index is 0.152. The van der Waals surface area contributed by atoms with Gasteiger partial charge in [-0.25, -0.2) is 4.79 Å². The number of aryl methyl sites for hydroxylation is 1. The van der Waals surface area contributed by atoms with Gasteiger partial charge >= 0.3 is 0 Å². The van der Waals surface area contributed by atoms with E-state index in [9.17, 15) is 9.59 Å². The van der Waals surface area contributed by atoms with E-state index in [-0.39, 0.29) is 12.5 Å². The summed E-state index contributed by atoms with van der Waals surface area (Å²) in [4.78, 5) is 27.2. The van der Waals surface area contributed by atoms with Crippen LogP contribution in [0.3, 0.4) is 0 Å². The lowest BCUT2D eigenvalue weighted by molar-refractivity contribution is -0.116. The van der Waals surface area contributed by atoms with Gasteiger partial charge in [0, 0.05) is 0 Å². The van der Waals surface area contributed by atoms with E-state index in [0.717, 1.165) is 5.56 Å². The number of hydrogen-bond acceptors (Lipinski definition) is 4. The van der Waals surface area contributed by atoms with Crippen LogP contribution in [-0.4, -0.2) is 37.5 Å². The molecule has 1 N–H and O–H groups in total. The molecule has 0 aliphatic carbocycles. The summed E-state index contributed by atoms with van der Waals surface area (Å²) in [7, 11) is 3.61. The third kappa shape index (κ3) is 4.18. The molecule has 1 rings (SSSR count). The van der Waals surface area contributed by atoms with E-state index in [4.69, 9.17) is 0 Å². The maximum atomic E-state index is 11.6. The molecule has 0 aliphatic heterocycles. The van der Waals surface area contributed by atoms with Gasteiger partial charge in [0.15, 0.2) is 0 Å². The molecule has 0 fully saturated rings. The van der Waals surface area contributed by atoms with E-state index in [0.29, 0.717) is 11.4 Å². The van der Waals surface area contributed by atoms with E-state index < -0.39 is 0 Å². The van der Waals surface area contributed by atoms with Gasteiger partial charge in [-0.15, -0.1) is 0 Å². The number of isocyanates is 1. The second-order valence-electron chi connectivity index (χ2n) is 4.01. The van der Waals surface area contributed by atoms with Crippen LogP contribution in [-0.2, 0) is 9.59 Å². The molecule has 1 aromatic rings. The number of aliphatic imine (C=N–C) groups is 1. The van der Waals surface area contributed by atoms with Crippen LogP contribution in [0.15, 0.2) is 23.2 Å². The molecule has 0 spiro atoms. The Morgan fingerprint density at radius 3 is 2.76 bits per heavy atom. The third-order valence-electron chi connectivity index (χ3n) is 2.05. The average molecular weight is 233 g/mol. The molecule has 17 heavy (non-hydrogen) atoms. The molecule has 0 unspecified atom stereocenters. The number of carbonyl (C=O) groups is 1. The molecule has 5 heteroatoms. The predicted octanol–water partition coefficient (Wildman–Crippen LogP) is 1.46. The van der Waals surface area contributed by atoms with Crippen molar-refractivity contribution < 1.29 is 9.59 Å². The van der Waals surface area contributed by atoms with Gasteiger partial charge in [0.1, 0.15) is 5.69 Å². The molecule has 1 aromatic carbocycles. The molecule has 1 amide bonds. The zero-order valence-corrected chi connectivity index (χ0v) is 10.2. The highest BCUT2D eigenvalue weighted by atomic mass is 16.2. The number of benzene rings is 1. The number of amides is 1. The first-order chi connectivity index (χ1) is 8.02. The second kappa shape index (κ2) is 5.94. The second-order valence-corrected chi connectivity index (χ2v) is 4.01. The standard InChI is InChI=1S/C12H15N3O2/c1-9-4-5-10(11(6-9)13-8-16)14-12(17)7-15(2)3/h4-6H,7H2,1-3H3,(H,14,17). The van der Waals surface area contributed by atoms with Gasteiger partial charge in [-0.3, -0.25) is 4.79 Å². The van der Waals surface area contributed by atoms with Gasteiger partial charge in [-0.2, -0.15) is 4.99 Å². The monoisotopic (exact) mass is 233 g/mol. The quantitative estimate of drug-likeness (QED) is 0.632. The van der Waals surface area contributed by atoms with E-state index in [1.807, 2.05) is 13.0 Å². The first-order valence-electron chi connectivity index (χ1n) is 5.16. The molecule has 90 valence electrons. The molecular formula is C12H15N3O2. The molecule has 0 heterocycles. The van der Waals surface area contributed by atoms with Gasteiger partial charge in [0.25, 0.3) is 0 Å². The van der Waals surface area contributed by atoms with Crippen molar-refractivity contribution in [2.75, 3.05) is 26.0 Å². The third-order valence-corrected chi connectivity index (χ3v) is 2.05. The lowest BCUT2D eigenvalue weighted by Gasteiger charge is -2.11. The van der Waals surface area contributed by atoms with Crippen molar-refractivity contribution in [3.63, 3.8) is 0 Å². The maximum Gasteiger partial charge on any atom is 0.240 e. The highest BCUT2D eigenvalue weighted by Gasteiger charge is 2.07. The van der Waals surface area contributed by atoms with Crippen LogP contribution in [0.25, 0.3) is 0 Å². The molecule has 5 nitrogen and oxygen atoms in total. The van der Waals surface area contributed by atoms with Crippen LogP contribution in [0.1, 0.15) is 5.56 Å². The lowest BCUT2D eigenvalue weighted by atomic mass is 10.2. The lowest BCUT2D eigenvalue weighted by Crippen LogP contribution is -2.27. The van der Waals surface area contributed by atoms with Crippen molar-refractivity contribution in [1.82, 2.24) is 4.90 Å². The SMILES string of the molecule is Cc1ccc(NC(=O)CN(C)C)c(N=C=O)c1. The minimum atomic E-state index is -0.152. The van der Waals surface area contributed by atoms with E-state index in [1.54, 1.807) is 31.1 Å². The Hall–Kier alpha value is -1.97. The molecular weight excluding hydrogens is 218 g/mol.